The molecule has 1 saturated heterocycles. The molecule has 0 aliphatic carbocycles. The first kappa shape index (κ1) is 20.8. The fraction of sp³-hybridized carbons (Fsp3) is 0.435. The lowest BCUT2D eigenvalue weighted by atomic mass is 9.98. The number of nitrogens with one attached hydrogen (secondary N) is 1. The molecule has 0 radical (unpaired) electrons. The number of piperidine rings is 1. The number of benzene rings is 1. The molecule has 3 amide bonds. The van der Waals surface area contributed by atoms with Gasteiger partial charge in [-0.1, -0.05) is 18.2 Å². The highest BCUT2D eigenvalue weighted by Crippen LogP contribution is 2.23. The van der Waals surface area contributed by atoms with Crippen molar-refractivity contribution in [2.75, 3.05) is 26.2 Å². The Bertz CT molecular complexity index is 877. The standard InChI is InChI=1S/C23H27N3O3S/c27-21(10-4-12-26-22(28)19-8-1-2-9-20(19)23(26)29)24-14-17-6-3-11-25(15-17)16-18-7-5-13-30-18/h1-2,5,7-9,13,17H,3-4,6,10-12,14-16H2,(H,24,27). The van der Waals surface area contributed by atoms with Crippen LogP contribution in [-0.2, 0) is 11.3 Å². The molecule has 1 atom stereocenters. The molecule has 1 aromatic heterocycles. The van der Waals surface area contributed by atoms with Crippen molar-refractivity contribution in [2.24, 2.45) is 5.92 Å². The lowest BCUT2D eigenvalue weighted by molar-refractivity contribution is -0.121. The highest BCUT2D eigenvalue weighted by atomic mass is 32.1. The van der Waals surface area contributed by atoms with E-state index in [1.165, 1.54) is 9.78 Å². The first-order valence-corrected chi connectivity index (χ1v) is 11.5. The number of likely N-dealkylation sites (tertiary alicyclic amines) is 1. The molecule has 1 unspecified atom stereocenters. The average molecular weight is 426 g/mol. The molecule has 0 saturated carbocycles. The van der Waals surface area contributed by atoms with Crippen LogP contribution in [0.2, 0.25) is 0 Å². The second-order valence-corrected chi connectivity index (χ2v) is 9.07. The maximum atomic E-state index is 12.4. The van der Waals surface area contributed by atoms with Gasteiger partial charge in [-0.15, -0.1) is 11.3 Å². The third kappa shape index (κ3) is 4.79. The van der Waals surface area contributed by atoms with E-state index >= 15 is 0 Å². The molecule has 7 heteroatoms. The second kappa shape index (κ2) is 9.53. The van der Waals surface area contributed by atoms with Crippen LogP contribution in [0, 0.1) is 5.92 Å². The number of fused-ring (bicyclic) bond motifs is 1. The molecule has 2 aromatic rings. The highest BCUT2D eigenvalue weighted by molar-refractivity contribution is 7.09. The molecule has 2 aliphatic rings. The third-order valence-electron chi connectivity index (χ3n) is 5.81. The van der Waals surface area contributed by atoms with E-state index in [2.05, 4.69) is 27.7 Å². The van der Waals surface area contributed by atoms with E-state index in [4.69, 9.17) is 0 Å². The predicted molar refractivity (Wildman–Crippen MR) is 116 cm³/mol. The molecule has 4 rings (SSSR count). The van der Waals surface area contributed by atoms with Crippen LogP contribution in [0.4, 0.5) is 0 Å². The Morgan fingerprint density at radius 1 is 1.10 bits per heavy atom. The summed E-state index contributed by atoms with van der Waals surface area (Å²) in [5, 5.41) is 5.16. The summed E-state index contributed by atoms with van der Waals surface area (Å²) in [5.74, 6) is -0.0611. The molecule has 158 valence electrons. The number of hydrogen-bond acceptors (Lipinski definition) is 5. The molecule has 2 aliphatic heterocycles. The van der Waals surface area contributed by atoms with Gasteiger partial charge in [0.05, 0.1) is 11.1 Å². The Labute approximate surface area is 180 Å². The number of nitrogens with zero attached hydrogens (tertiary/aromatic N) is 2. The van der Waals surface area contributed by atoms with Crippen molar-refractivity contribution >= 4 is 29.1 Å². The van der Waals surface area contributed by atoms with Gasteiger partial charge in [-0.3, -0.25) is 24.2 Å². The Morgan fingerprint density at radius 3 is 2.57 bits per heavy atom. The van der Waals surface area contributed by atoms with Crippen LogP contribution in [0.25, 0.3) is 0 Å². The number of rotatable bonds is 8. The smallest absolute Gasteiger partial charge is 0.261 e. The largest absolute Gasteiger partial charge is 0.356 e. The first-order valence-electron chi connectivity index (χ1n) is 10.6. The number of hydrogen-bond donors (Lipinski definition) is 1. The van der Waals surface area contributed by atoms with Crippen LogP contribution < -0.4 is 5.32 Å². The van der Waals surface area contributed by atoms with E-state index < -0.39 is 0 Å². The molecule has 3 heterocycles. The normalized spacial score (nSPS) is 19.2. The molecule has 6 nitrogen and oxygen atoms in total. The minimum Gasteiger partial charge on any atom is -0.356 e. The zero-order valence-corrected chi connectivity index (χ0v) is 17.8. The van der Waals surface area contributed by atoms with Crippen LogP contribution in [-0.4, -0.2) is 53.7 Å². The van der Waals surface area contributed by atoms with E-state index in [9.17, 15) is 14.4 Å². The Morgan fingerprint density at radius 2 is 1.87 bits per heavy atom. The zero-order chi connectivity index (χ0) is 20.9. The topological polar surface area (TPSA) is 69.7 Å². The monoisotopic (exact) mass is 425 g/mol. The van der Waals surface area contributed by atoms with Crippen molar-refractivity contribution in [1.29, 1.82) is 0 Å². The van der Waals surface area contributed by atoms with Crippen molar-refractivity contribution in [3.63, 3.8) is 0 Å². The Hall–Kier alpha value is -2.51. The Kier molecular flexibility index (Phi) is 6.59. The number of carbonyl (C=O) groups is 3. The predicted octanol–water partition coefficient (Wildman–Crippen LogP) is 3.15. The second-order valence-electron chi connectivity index (χ2n) is 8.04. The number of imide groups is 1. The van der Waals surface area contributed by atoms with Gasteiger partial charge in [-0.2, -0.15) is 0 Å². The fourth-order valence-electron chi connectivity index (χ4n) is 4.27. The van der Waals surface area contributed by atoms with Gasteiger partial charge >= 0.3 is 0 Å². The Balaban J connectivity index is 1.17. The summed E-state index contributed by atoms with van der Waals surface area (Å²) in [6.45, 7) is 4.07. The summed E-state index contributed by atoms with van der Waals surface area (Å²) >= 11 is 1.79. The molecule has 1 aromatic carbocycles. The van der Waals surface area contributed by atoms with E-state index in [0.29, 0.717) is 36.4 Å². The maximum absolute atomic E-state index is 12.4. The summed E-state index contributed by atoms with van der Waals surface area (Å²) in [6.07, 6.45) is 3.09. The summed E-state index contributed by atoms with van der Waals surface area (Å²) in [4.78, 5) is 42.1. The van der Waals surface area contributed by atoms with Crippen LogP contribution in [0.5, 0.6) is 0 Å². The van der Waals surface area contributed by atoms with Gasteiger partial charge in [0.1, 0.15) is 0 Å². The first-order chi connectivity index (χ1) is 14.6. The van der Waals surface area contributed by atoms with E-state index in [0.717, 1.165) is 32.5 Å². The third-order valence-corrected chi connectivity index (χ3v) is 6.68. The van der Waals surface area contributed by atoms with E-state index in [1.807, 2.05) is 0 Å². The molecule has 0 bridgehead atoms. The minimum atomic E-state index is -0.260. The van der Waals surface area contributed by atoms with Gasteiger partial charge in [0.25, 0.3) is 11.8 Å². The van der Waals surface area contributed by atoms with Gasteiger partial charge in [0.15, 0.2) is 0 Å². The van der Waals surface area contributed by atoms with Crippen LogP contribution in [0.1, 0.15) is 51.3 Å². The number of carbonyl (C=O) groups excluding carboxylic acids is 3. The van der Waals surface area contributed by atoms with Crippen LogP contribution in [0.3, 0.4) is 0 Å². The lowest BCUT2D eigenvalue weighted by Crippen LogP contribution is -2.40. The van der Waals surface area contributed by atoms with Gasteiger partial charge in [-0.25, -0.2) is 0 Å². The highest BCUT2D eigenvalue weighted by Gasteiger charge is 2.34. The quantitative estimate of drug-likeness (QED) is 0.660. The molecule has 0 spiro atoms. The zero-order valence-electron chi connectivity index (χ0n) is 17.0. The van der Waals surface area contributed by atoms with Crippen molar-refractivity contribution < 1.29 is 14.4 Å². The summed E-state index contributed by atoms with van der Waals surface area (Å²) < 4.78 is 0. The van der Waals surface area contributed by atoms with Gasteiger partial charge in [0, 0.05) is 37.5 Å². The SMILES string of the molecule is O=C(CCCN1C(=O)c2ccccc2C1=O)NCC1CCCN(Cc2cccs2)C1. The molecule has 1 N–H and O–H groups in total. The van der Waals surface area contributed by atoms with Crippen molar-refractivity contribution in [2.45, 2.75) is 32.2 Å². The lowest BCUT2D eigenvalue weighted by Gasteiger charge is -2.32. The molecule has 30 heavy (non-hydrogen) atoms. The van der Waals surface area contributed by atoms with E-state index in [1.54, 1.807) is 35.6 Å². The van der Waals surface area contributed by atoms with Crippen molar-refractivity contribution in [3.8, 4) is 0 Å². The summed E-state index contributed by atoms with van der Waals surface area (Å²) in [7, 11) is 0. The molecule has 1 fully saturated rings. The van der Waals surface area contributed by atoms with Crippen molar-refractivity contribution in [3.05, 3.63) is 57.8 Å². The maximum Gasteiger partial charge on any atom is 0.261 e. The minimum absolute atomic E-state index is 0.0120. The van der Waals surface area contributed by atoms with Crippen LogP contribution >= 0.6 is 11.3 Å². The average Bonchev–Trinajstić information content (AvgIpc) is 3.35. The number of amides is 3. The molecular formula is C23H27N3O3S. The summed E-state index contributed by atoms with van der Waals surface area (Å²) in [6, 6.07) is 11.1. The van der Waals surface area contributed by atoms with Crippen molar-refractivity contribution in [1.82, 2.24) is 15.1 Å². The fourth-order valence-corrected chi connectivity index (χ4v) is 5.02. The van der Waals surface area contributed by atoms with Gasteiger partial charge in [0.2, 0.25) is 5.91 Å². The van der Waals surface area contributed by atoms with Gasteiger partial charge in [-0.05, 0) is 55.3 Å². The number of thiophene rings is 1. The van der Waals surface area contributed by atoms with Gasteiger partial charge < -0.3 is 5.32 Å². The van der Waals surface area contributed by atoms with E-state index in [-0.39, 0.29) is 24.3 Å². The molecular weight excluding hydrogens is 398 g/mol. The van der Waals surface area contributed by atoms with Crippen LogP contribution in [0.15, 0.2) is 41.8 Å². The summed E-state index contributed by atoms with van der Waals surface area (Å²) in [5.41, 5.74) is 0.910.